The van der Waals surface area contributed by atoms with Crippen molar-refractivity contribution in [3.63, 3.8) is 0 Å². The lowest BCUT2D eigenvalue weighted by molar-refractivity contribution is -0.114. The van der Waals surface area contributed by atoms with E-state index in [1.54, 1.807) is 23.0 Å². The van der Waals surface area contributed by atoms with E-state index < -0.39 is 0 Å². The monoisotopic (exact) mass is 414 g/mol. The van der Waals surface area contributed by atoms with Gasteiger partial charge in [-0.3, -0.25) is 9.59 Å². The molecule has 0 bridgehead atoms. The number of nitrogens with zero attached hydrogens (tertiary/aromatic N) is 2. The topological polar surface area (TPSA) is 89.2 Å². The molecule has 2 N–H and O–H groups in total. The zero-order valence-electron chi connectivity index (χ0n) is 17.3. The molecule has 156 valence electrons. The molecular weight excluding hydrogens is 392 g/mol. The van der Waals surface area contributed by atoms with Gasteiger partial charge in [-0.2, -0.15) is 5.10 Å². The van der Waals surface area contributed by atoms with Crippen LogP contribution in [-0.4, -0.2) is 21.6 Å². The fourth-order valence-corrected chi connectivity index (χ4v) is 3.24. The van der Waals surface area contributed by atoms with Crippen molar-refractivity contribution >= 4 is 17.5 Å². The Morgan fingerprint density at radius 2 is 1.84 bits per heavy atom. The molecule has 31 heavy (non-hydrogen) atoms. The third-order valence-electron chi connectivity index (χ3n) is 4.65. The average Bonchev–Trinajstić information content (AvgIpc) is 3.39. The van der Waals surface area contributed by atoms with Crippen molar-refractivity contribution in [3.05, 3.63) is 89.8 Å². The summed E-state index contributed by atoms with van der Waals surface area (Å²) >= 11 is 0. The van der Waals surface area contributed by atoms with Crippen molar-refractivity contribution in [1.29, 1.82) is 0 Å². The molecule has 4 rings (SSSR count). The van der Waals surface area contributed by atoms with E-state index in [1.165, 1.54) is 6.92 Å². The standard InChI is InChI=1S/C24H22N4O3/c1-16-11-12-22(31-16)23-21(15-28(27-23)20-9-4-3-5-10-20)24(30)25-14-18-7-6-8-19(13-18)26-17(2)29/h3-13,15H,14H2,1-2H3,(H,25,30)(H,26,29). The van der Waals surface area contributed by atoms with Gasteiger partial charge in [-0.25, -0.2) is 4.68 Å². The zero-order valence-corrected chi connectivity index (χ0v) is 17.3. The molecule has 0 unspecified atom stereocenters. The summed E-state index contributed by atoms with van der Waals surface area (Å²) in [5.74, 6) is 0.861. The number of hydrogen-bond acceptors (Lipinski definition) is 4. The summed E-state index contributed by atoms with van der Waals surface area (Å²) in [5.41, 5.74) is 3.28. The van der Waals surface area contributed by atoms with Crippen molar-refractivity contribution in [2.45, 2.75) is 20.4 Å². The number of anilines is 1. The van der Waals surface area contributed by atoms with Crippen LogP contribution >= 0.6 is 0 Å². The number of para-hydroxylation sites is 1. The number of carbonyl (C=O) groups excluding carboxylic acids is 2. The first-order valence-corrected chi connectivity index (χ1v) is 9.86. The van der Waals surface area contributed by atoms with Crippen molar-refractivity contribution in [3.8, 4) is 17.1 Å². The first-order valence-electron chi connectivity index (χ1n) is 9.86. The van der Waals surface area contributed by atoms with Crippen LogP contribution in [0.1, 0.15) is 28.6 Å². The molecule has 0 fully saturated rings. The summed E-state index contributed by atoms with van der Waals surface area (Å²) in [6, 6.07) is 20.6. The predicted molar refractivity (Wildman–Crippen MR) is 118 cm³/mol. The van der Waals surface area contributed by atoms with E-state index in [0.717, 1.165) is 17.0 Å². The largest absolute Gasteiger partial charge is 0.460 e. The molecule has 0 atom stereocenters. The zero-order chi connectivity index (χ0) is 21.8. The Bertz CT molecular complexity index is 1220. The molecular formula is C24H22N4O3. The summed E-state index contributed by atoms with van der Waals surface area (Å²) < 4.78 is 7.40. The van der Waals surface area contributed by atoms with Gasteiger partial charge < -0.3 is 15.1 Å². The molecule has 0 aliphatic heterocycles. The lowest BCUT2D eigenvalue weighted by Crippen LogP contribution is -2.23. The molecule has 2 heterocycles. The van der Waals surface area contributed by atoms with Crippen molar-refractivity contribution in [2.24, 2.45) is 0 Å². The second-order valence-corrected chi connectivity index (χ2v) is 7.15. The maximum Gasteiger partial charge on any atom is 0.255 e. The normalized spacial score (nSPS) is 10.6. The highest BCUT2D eigenvalue weighted by Crippen LogP contribution is 2.26. The Labute approximate surface area is 179 Å². The summed E-state index contributed by atoms with van der Waals surface area (Å²) in [5, 5.41) is 10.3. The molecule has 7 heteroatoms. The van der Waals surface area contributed by atoms with E-state index in [-0.39, 0.29) is 11.8 Å². The number of hydrogen-bond donors (Lipinski definition) is 2. The van der Waals surface area contributed by atoms with Gasteiger partial charge in [0.1, 0.15) is 11.5 Å². The SMILES string of the molecule is CC(=O)Nc1cccc(CNC(=O)c2cn(-c3ccccc3)nc2-c2ccc(C)o2)c1. The van der Waals surface area contributed by atoms with Crippen molar-refractivity contribution in [1.82, 2.24) is 15.1 Å². The predicted octanol–water partition coefficient (Wildman–Crippen LogP) is 4.33. The van der Waals surface area contributed by atoms with E-state index in [4.69, 9.17) is 4.42 Å². The van der Waals surface area contributed by atoms with Crippen molar-refractivity contribution in [2.75, 3.05) is 5.32 Å². The van der Waals surface area contributed by atoms with Gasteiger partial charge >= 0.3 is 0 Å². The third-order valence-corrected chi connectivity index (χ3v) is 4.65. The van der Waals surface area contributed by atoms with Gasteiger partial charge in [0.05, 0.1) is 11.3 Å². The summed E-state index contributed by atoms with van der Waals surface area (Å²) in [7, 11) is 0. The third kappa shape index (κ3) is 4.72. The molecule has 0 aliphatic carbocycles. The molecule has 2 amide bonds. The Hall–Kier alpha value is -4.13. The number of aryl methyl sites for hydroxylation is 1. The van der Waals surface area contributed by atoms with E-state index >= 15 is 0 Å². The van der Waals surface area contributed by atoms with Gasteiger partial charge in [-0.05, 0) is 48.9 Å². The van der Waals surface area contributed by atoms with Crippen LogP contribution in [0.15, 0.2) is 77.3 Å². The summed E-state index contributed by atoms with van der Waals surface area (Å²) in [6.45, 7) is 3.61. The quantitative estimate of drug-likeness (QED) is 0.491. The van der Waals surface area contributed by atoms with Gasteiger partial charge in [-0.15, -0.1) is 0 Å². The van der Waals surface area contributed by atoms with Crippen LogP contribution in [-0.2, 0) is 11.3 Å². The molecule has 4 aromatic rings. The molecule has 0 aliphatic rings. The Morgan fingerprint density at radius 3 is 2.55 bits per heavy atom. The second kappa shape index (κ2) is 8.71. The fourth-order valence-electron chi connectivity index (χ4n) is 3.24. The van der Waals surface area contributed by atoms with E-state index in [1.807, 2.05) is 61.5 Å². The van der Waals surface area contributed by atoms with Crippen LogP contribution < -0.4 is 10.6 Å². The highest BCUT2D eigenvalue weighted by Gasteiger charge is 2.20. The molecule has 2 aromatic carbocycles. The molecule has 0 spiro atoms. The van der Waals surface area contributed by atoms with Gasteiger partial charge in [0, 0.05) is 25.4 Å². The minimum absolute atomic E-state index is 0.145. The Morgan fingerprint density at radius 1 is 1.03 bits per heavy atom. The number of amides is 2. The number of carbonyl (C=O) groups is 2. The van der Waals surface area contributed by atoms with Crippen LogP contribution in [0.2, 0.25) is 0 Å². The van der Waals surface area contributed by atoms with E-state index in [2.05, 4.69) is 15.7 Å². The highest BCUT2D eigenvalue weighted by molar-refractivity contribution is 5.99. The molecule has 7 nitrogen and oxygen atoms in total. The Kier molecular flexibility index (Phi) is 5.66. The Balaban J connectivity index is 1.60. The van der Waals surface area contributed by atoms with E-state index in [9.17, 15) is 9.59 Å². The minimum atomic E-state index is -0.267. The maximum absolute atomic E-state index is 13.1. The van der Waals surface area contributed by atoms with E-state index in [0.29, 0.717) is 29.2 Å². The number of aromatic nitrogens is 2. The first kappa shape index (κ1) is 20.2. The van der Waals surface area contributed by atoms with Crippen LogP contribution in [0.3, 0.4) is 0 Å². The summed E-state index contributed by atoms with van der Waals surface area (Å²) in [4.78, 5) is 24.3. The molecule has 2 aromatic heterocycles. The lowest BCUT2D eigenvalue weighted by atomic mass is 10.1. The van der Waals surface area contributed by atoms with Crippen molar-refractivity contribution < 1.29 is 14.0 Å². The lowest BCUT2D eigenvalue weighted by Gasteiger charge is -2.07. The fraction of sp³-hybridized carbons (Fsp3) is 0.125. The van der Waals surface area contributed by atoms with Crippen LogP contribution in [0.5, 0.6) is 0 Å². The number of rotatable bonds is 6. The second-order valence-electron chi connectivity index (χ2n) is 7.15. The maximum atomic E-state index is 13.1. The van der Waals surface area contributed by atoms with Gasteiger partial charge in [0.25, 0.3) is 5.91 Å². The van der Waals surface area contributed by atoms with Gasteiger partial charge in [-0.1, -0.05) is 30.3 Å². The number of benzene rings is 2. The number of nitrogens with one attached hydrogen (secondary N) is 2. The van der Waals surface area contributed by atoms with Gasteiger partial charge in [0.2, 0.25) is 5.91 Å². The average molecular weight is 414 g/mol. The molecule has 0 radical (unpaired) electrons. The highest BCUT2D eigenvalue weighted by atomic mass is 16.3. The molecule has 0 saturated heterocycles. The van der Waals surface area contributed by atoms with Crippen LogP contribution in [0.4, 0.5) is 5.69 Å². The van der Waals surface area contributed by atoms with Crippen LogP contribution in [0.25, 0.3) is 17.1 Å². The van der Waals surface area contributed by atoms with Gasteiger partial charge in [0.15, 0.2) is 5.76 Å². The summed E-state index contributed by atoms with van der Waals surface area (Å²) in [6.07, 6.45) is 1.70. The first-order chi connectivity index (χ1) is 15.0. The van der Waals surface area contributed by atoms with Crippen LogP contribution in [0, 0.1) is 6.92 Å². The molecule has 0 saturated carbocycles. The smallest absolute Gasteiger partial charge is 0.255 e. The number of furan rings is 1. The minimum Gasteiger partial charge on any atom is -0.460 e.